The zero-order valence-corrected chi connectivity index (χ0v) is 24.6. The van der Waals surface area contributed by atoms with Crippen LogP contribution in [0.5, 0.6) is 0 Å². The summed E-state index contributed by atoms with van der Waals surface area (Å²) < 4.78 is 24.3. The minimum Gasteiger partial charge on any atom is -0.468 e. The van der Waals surface area contributed by atoms with E-state index in [0.29, 0.717) is 13.1 Å². The molecule has 0 aliphatic carbocycles. The number of ether oxygens (including phenoxy) is 1. The number of rotatable bonds is 19. The molecule has 1 unspecified atom stereocenters. The molecule has 0 aromatic rings. The van der Waals surface area contributed by atoms with Crippen LogP contribution in [0.1, 0.15) is 51.4 Å². The van der Waals surface area contributed by atoms with Crippen molar-refractivity contribution >= 4 is 40.7 Å². The Balaban J connectivity index is 4.28. The highest BCUT2D eigenvalue weighted by molar-refractivity contribution is 6.86. The van der Waals surface area contributed by atoms with E-state index in [1.165, 1.54) is 38.5 Å². The average molecular weight is 481 g/mol. The summed E-state index contributed by atoms with van der Waals surface area (Å²) in [6.45, 7) is 19.1. The first-order valence-electron chi connectivity index (χ1n) is 11.5. The van der Waals surface area contributed by atoms with Crippen molar-refractivity contribution in [2.24, 2.45) is 0 Å². The third kappa shape index (κ3) is 18.7. The van der Waals surface area contributed by atoms with Crippen LogP contribution in [0.2, 0.25) is 58.4 Å². The normalized spacial score (nSPS) is 14.8. The molecule has 0 aromatic carbocycles. The van der Waals surface area contributed by atoms with E-state index >= 15 is 0 Å². The van der Waals surface area contributed by atoms with Crippen LogP contribution in [0.15, 0.2) is 0 Å². The number of hydrogen-bond donors (Lipinski definition) is 0. The highest BCUT2D eigenvalue weighted by atomic mass is 28.5. The van der Waals surface area contributed by atoms with E-state index < -0.39 is 34.2 Å². The van der Waals surface area contributed by atoms with Gasteiger partial charge in [0.25, 0.3) is 6.47 Å². The maximum Gasteiger partial charge on any atom is 0.322 e. The molecule has 0 rings (SSSR count). The van der Waals surface area contributed by atoms with Gasteiger partial charge in [0, 0.05) is 6.23 Å². The van der Waals surface area contributed by atoms with Crippen molar-refractivity contribution < 1.29 is 22.2 Å². The SMILES string of the molecule is C[SiH](C)CO[Si](C)(C)O[Si](C)(CCCCCCCCCCOC=O)O[Si](C)(C)C. The number of hydrogen-bond acceptors (Lipinski definition) is 5. The Morgan fingerprint density at radius 3 is 1.76 bits per heavy atom. The summed E-state index contributed by atoms with van der Waals surface area (Å²) in [4.78, 5) is 10.1. The summed E-state index contributed by atoms with van der Waals surface area (Å²) in [5.74, 6) is 0. The van der Waals surface area contributed by atoms with Gasteiger partial charge in [0.1, 0.15) is 0 Å². The van der Waals surface area contributed by atoms with Crippen molar-refractivity contribution in [1.82, 2.24) is 0 Å². The van der Waals surface area contributed by atoms with Crippen LogP contribution in [-0.4, -0.2) is 53.5 Å². The molecule has 0 N–H and O–H groups in total. The van der Waals surface area contributed by atoms with Gasteiger partial charge in [-0.25, -0.2) is 0 Å². The standard InChI is InChI=1S/C20H48O5Si4/c1-26(2)20-23-28(6,7)25-29(8,24-27(3,4)5)18-16-14-12-10-9-11-13-15-17-22-19-21/h19,26H,9-18,20H2,1-8H3. The Morgan fingerprint density at radius 2 is 1.28 bits per heavy atom. The second-order valence-corrected chi connectivity index (χ2v) is 24.9. The molecule has 9 heteroatoms. The largest absolute Gasteiger partial charge is 0.468 e. The average Bonchev–Trinajstić information content (AvgIpc) is 2.56. The smallest absolute Gasteiger partial charge is 0.322 e. The first-order chi connectivity index (χ1) is 13.4. The van der Waals surface area contributed by atoms with Crippen LogP contribution in [0.4, 0.5) is 0 Å². The molecule has 0 aliphatic heterocycles. The third-order valence-electron chi connectivity index (χ3n) is 4.46. The molecular formula is C20H48O5Si4. The van der Waals surface area contributed by atoms with Gasteiger partial charge in [0.2, 0.25) is 0 Å². The quantitative estimate of drug-likeness (QED) is 0.130. The Morgan fingerprint density at radius 1 is 0.759 bits per heavy atom. The number of carbonyl (C=O) groups excluding carboxylic acids is 1. The van der Waals surface area contributed by atoms with Gasteiger partial charge in [0.05, 0.1) is 15.4 Å². The highest BCUT2D eigenvalue weighted by Crippen LogP contribution is 2.27. The minimum absolute atomic E-state index is 0.536. The fourth-order valence-corrected chi connectivity index (χ4v) is 18.2. The molecule has 29 heavy (non-hydrogen) atoms. The summed E-state index contributed by atoms with van der Waals surface area (Å²) >= 11 is 0. The fraction of sp³-hybridized carbons (Fsp3) is 0.950. The van der Waals surface area contributed by atoms with Crippen LogP contribution < -0.4 is 0 Å². The third-order valence-corrected chi connectivity index (χ3v) is 15.6. The summed E-state index contributed by atoms with van der Waals surface area (Å²) in [5.41, 5.74) is 0. The van der Waals surface area contributed by atoms with E-state index in [2.05, 4.69) is 52.4 Å². The van der Waals surface area contributed by atoms with Crippen molar-refractivity contribution in [3.63, 3.8) is 0 Å². The summed E-state index contributed by atoms with van der Waals surface area (Å²) in [6.07, 6.45) is 10.5. The van der Waals surface area contributed by atoms with Crippen molar-refractivity contribution in [2.75, 3.05) is 12.8 Å². The van der Waals surface area contributed by atoms with Crippen LogP contribution in [0, 0.1) is 0 Å². The Kier molecular flexibility index (Phi) is 15.2. The van der Waals surface area contributed by atoms with Crippen LogP contribution in [0.25, 0.3) is 0 Å². The van der Waals surface area contributed by atoms with Gasteiger partial charge < -0.3 is 17.4 Å². The van der Waals surface area contributed by atoms with Crippen molar-refractivity contribution in [3.8, 4) is 0 Å². The van der Waals surface area contributed by atoms with E-state index in [4.69, 9.17) is 17.4 Å². The molecular weight excluding hydrogens is 433 g/mol. The van der Waals surface area contributed by atoms with E-state index in [9.17, 15) is 4.79 Å². The lowest BCUT2D eigenvalue weighted by molar-refractivity contribution is -0.128. The molecule has 0 spiro atoms. The predicted octanol–water partition coefficient (Wildman–Crippen LogP) is 5.96. The molecule has 1 atom stereocenters. The molecule has 0 amide bonds. The van der Waals surface area contributed by atoms with Gasteiger partial charge in [-0.2, -0.15) is 0 Å². The van der Waals surface area contributed by atoms with Crippen LogP contribution >= 0.6 is 0 Å². The van der Waals surface area contributed by atoms with Gasteiger partial charge in [0.15, 0.2) is 8.32 Å². The molecule has 0 saturated heterocycles. The van der Waals surface area contributed by atoms with E-state index in [-0.39, 0.29) is 0 Å². The predicted molar refractivity (Wildman–Crippen MR) is 133 cm³/mol. The Hall–Kier alpha value is 0.218. The molecule has 0 aliphatic rings. The van der Waals surface area contributed by atoms with Crippen molar-refractivity contribution in [1.29, 1.82) is 0 Å². The molecule has 0 aromatic heterocycles. The lowest BCUT2D eigenvalue weighted by atomic mass is 10.1. The fourth-order valence-electron chi connectivity index (χ4n) is 3.43. The molecule has 0 bridgehead atoms. The Labute approximate surface area is 185 Å². The molecule has 174 valence electrons. The lowest BCUT2D eigenvalue weighted by Crippen LogP contribution is -2.54. The van der Waals surface area contributed by atoms with E-state index in [1.807, 2.05) is 0 Å². The first kappa shape index (κ1) is 29.2. The first-order valence-corrected chi connectivity index (χ1v) is 23.4. The monoisotopic (exact) mass is 480 g/mol. The minimum atomic E-state index is -2.21. The topological polar surface area (TPSA) is 54.0 Å². The van der Waals surface area contributed by atoms with Gasteiger partial charge in [-0.05, 0) is 51.7 Å². The number of carbonyl (C=O) groups is 1. The maximum absolute atomic E-state index is 10.1. The molecule has 0 fully saturated rings. The van der Waals surface area contributed by atoms with Crippen LogP contribution in [-0.2, 0) is 22.2 Å². The zero-order valence-electron chi connectivity index (χ0n) is 20.5. The Bertz CT molecular complexity index is 430. The van der Waals surface area contributed by atoms with E-state index in [0.717, 1.165) is 25.1 Å². The molecule has 0 heterocycles. The molecule has 0 radical (unpaired) electrons. The van der Waals surface area contributed by atoms with Crippen LogP contribution in [0.3, 0.4) is 0 Å². The number of unbranched alkanes of at least 4 members (excludes halogenated alkanes) is 7. The second-order valence-electron chi connectivity index (χ2n) is 10.1. The van der Waals surface area contributed by atoms with Gasteiger partial charge in [-0.15, -0.1) is 0 Å². The summed E-state index contributed by atoms with van der Waals surface area (Å²) in [7, 11) is -6.75. The highest BCUT2D eigenvalue weighted by Gasteiger charge is 2.42. The van der Waals surface area contributed by atoms with Crippen molar-refractivity contribution in [3.05, 3.63) is 0 Å². The second kappa shape index (κ2) is 15.1. The molecule has 5 nitrogen and oxygen atoms in total. The maximum atomic E-state index is 10.1. The summed E-state index contributed by atoms with van der Waals surface area (Å²) in [5, 5.41) is 0. The van der Waals surface area contributed by atoms with E-state index in [1.54, 1.807) is 0 Å². The lowest BCUT2D eigenvalue weighted by Gasteiger charge is -2.39. The van der Waals surface area contributed by atoms with Crippen molar-refractivity contribution in [2.45, 2.75) is 110 Å². The van der Waals surface area contributed by atoms with Gasteiger partial charge >= 0.3 is 17.1 Å². The van der Waals surface area contributed by atoms with Gasteiger partial charge in [-0.1, -0.05) is 58.0 Å². The molecule has 0 saturated carbocycles. The summed E-state index contributed by atoms with van der Waals surface area (Å²) in [6, 6.07) is 1.07. The zero-order chi connectivity index (χ0) is 22.4. The van der Waals surface area contributed by atoms with Gasteiger partial charge in [-0.3, -0.25) is 4.79 Å².